The van der Waals surface area contributed by atoms with E-state index in [4.69, 9.17) is 4.42 Å². The number of rotatable bonds is 7. The Labute approximate surface area is 122 Å². The van der Waals surface area contributed by atoms with Gasteiger partial charge >= 0.3 is 6.18 Å². The van der Waals surface area contributed by atoms with Gasteiger partial charge in [0.15, 0.2) is 0 Å². The van der Waals surface area contributed by atoms with Crippen LogP contribution in [0.5, 0.6) is 0 Å². The van der Waals surface area contributed by atoms with Crippen LogP contribution in [0.4, 0.5) is 13.2 Å². The van der Waals surface area contributed by atoms with Crippen molar-refractivity contribution in [1.82, 2.24) is 10.0 Å². The molecule has 122 valence electrons. The highest BCUT2D eigenvalue weighted by atomic mass is 32.2. The molecule has 9 heteroatoms. The second-order valence-electron chi connectivity index (χ2n) is 4.57. The summed E-state index contributed by atoms with van der Waals surface area (Å²) in [6.45, 7) is 5.16. The van der Waals surface area contributed by atoms with Crippen LogP contribution in [0.15, 0.2) is 9.31 Å². The minimum absolute atomic E-state index is 0.0804. The Hall–Kier alpha value is -1.06. The molecule has 5 nitrogen and oxygen atoms in total. The Morgan fingerprint density at radius 3 is 2.33 bits per heavy atom. The third-order valence-corrected chi connectivity index (χ3v) is 4.50. The van der Waals surface area contributed by atoms with Crippen LogP contribution in [0.25, 0.3) is 0 Å². The van der Waals surface area contributed by atoms with Gasteiger partial charge in [0.2, 0.25) is 10.0 Å². The molecule has 21 heavy (non-hydrogen) atoms. The molecule has 0 saturated heterocycles. The van der Waals surface area contributed by atoms with Gasteiger partial charge in [-0.15, -0.1) is 0 Å². The number of furan rings is 1. The van der Waals surface area contributed by atoms with Gasteiger partial charge in [-0.3, -0.25) is 0 Å². The van der Waals surface area contributed by atoms with E-state index >= 15 is 0 Å². The Kier molecular flexibility index (Phi) is 5.83. The highest BCUT2D eigenvalue weighted by molar-refractivity contribution is 7.89. The summed E-state index contributed by atoms with van der Waals surface area (Å²) in [5.74, 6) is 0.601. The lowest BCUT2D eigenvalue weighted by Crippen LogP contribution is -2.29. The molecule has 2 N–H and O–H groups in total. The number of nitrogens with one attached hydrogen (secondary N) is 2. The fraction of sp³-hybridized carbons (Fsp3) is 0.667. The zero-order chi connectivity index (χ0) is 16.3. The van der Waals surface area contributed by atoms with Crippen LogP contribution in [-0.2, 0) is 16.6 Å². The normalized spacial score (nSPS) is 12.9. The van der Waals surface area contributed by atoms with Crippen LogP contribution in [0.2, 0.25) is 0 Å². The van der Waals surface area contributed by atoms with Gasteiger partial charge < -0.3 is 9.73 Å². The molecule has 0 spiro atoms. The molecular formula is C12H19F3N2O3S. The Balaban J connectivity index is 2.97. The monoisotopic (exact) mass is 328 g/mol. The van der Waals surface area contributed by atoms with Crippen LogP contribution in [0.1, 0.15) is 30.4 Å². The second-order valence-corrected chi connectivity index (χ2v) is 6.27. The molecule has 1 rings (SSSR count). The van der Waals surface area contributed by atoms with Crippen molar-refractivity contribution in [2.75, 3.05) is 13.1 Å². The average Bonchev–Trinajstić information content (AvgIpc) is 2.59. The predicted molar refractivity (Wildman–Crippen MR) is 71.4 cm³/mol. The average molecular weight is 328 g/mol. The molecule has 0 aromatic carbocycles. The Morgan fingerprint density at radius 2 is 1.81 bits per heavy atom. The van der Waals surface area contributed by atoms with E-state index in [9.17, 15) is 21.6 Å². The smallest absolute Gasteiger partial charge is 0.390 e. The van der Waals surface area contributed by atoms with Gasteiger partial charge in [-0.1, -0.05) is 6.92 Å². The maximum atomic E-state index is 12.2. The van der Waals surface area contributed by atoms with Crippen LogP contribution in [-0.4, -0.2) is 27.7 Å². The summed E-state index contributed by atoms with van der Waals surface area (Å²) in [5, 5.41) is 2.98. The molecule has 0 amide bonds. The van der Waals surface area contributed by atoms with E-state index in [2.05, 4.69) is 5.32 Å². The summed E-state index contributed by atoms with van der Waals surface area (Å²) in [6, 6.07) is 0. The van der Waals surface area contributed by atoms with E-state index in [1.807, 2.05) is 11.6 Å². The van der Waals surface area contributed by atoms with Crippen LogP contribution >= 0.6 is 0 Å². The lowest BCUT2D eigenvalue weighted by Gasteiger charge is -2.10. The van der Waals surface area contributed by atoms with E-state index < -0.39 is 29.2 Å². The van der Waals surface area contributed by atoms with E-state index in [-0.39, 0.29) is 17.2 Å². The summed E-state index contributed by atoms with van der Waals surface area (Å²) in [4.78, 5) is -0.0804. The number of alkyl halides is 3. The third kappa shape index (κ3) is 5.01. The fourth-order valence-corrected chi connectivity index (χ4v) is 3.39. The van der Waals surface area contributed by atoms with Gasteiger partial charge in [-0.05, 0) is 20.4 Å². The van der Waals surface area contributed by atoms with Crippen molar-refractivity contribution in [3.05, 3.63) is 17.1 Å². The molecular weight excluding hydrogens is 309 g/mol. The van der Waals surface area contributed by atoms with Gasteiger partial charge in [0.1, 0.15) is 16.4 Å². The SMILES string of the molecule is CCNCc1c(C)oc(C)c1S(=O)(=O)NCCC(F)(F)F. The number of hydrogen-bond donors (Lipinski definition) is 2. The number of hydrogen-bond acceptors (Lipinski definition) is 4. The number of sulfonamides is 1. The molecule has 1 aromatic heterocycles. The summed E-state index contributed by atoms with van der Waals surface area (Å²) >= 11 is 0. The highest BCUT2D eigenvalue weighted by Crippen LogP contribution is 2.27. The van der Waals surface area contributed by atoms with Gasteiger partial charge in [0.05, 0.1) is 6.42 Å². The molecule has 0 atom stereocenters. The predicted octanol–water partition coefficient (Wildman–Crippen LogP) is 2.24. The Morgan fingerprint density at radius 1 is 1.19 bits per heavy atom. The quantitative estimate of drug-likeness (QED) is 0.805. The van der Waals surface area contributed by atoms with Crippen molar-refractivity contribution in [1.29, 1.82) is 0 Å². The summed E-state index contributed by atoms with van der Waals surface area (Å²) in [5.41, 5.74) is 0.439. The molecule has 0 aliphatic heterocycles. The van der Waals surface area contributed by atoms with Crippen LogP contribution < -0.4 is 10.0 Å². The van der Waals surface area contributed by atoms with E-state index in [1.54, 1.807) is 6.92 Å². The zero-order valence-corrected chi connectivity index (χ0v) is 12.9. The maximum absolute atomic E-state index is 12.2. The molecule has 0 bridgehead atoms. The van der Waals surface area contributed by atoms with Crippen molar-refractivity contribution in [3.8, 4) is 0 Å². The van der Waals surface area contributed by atoms with Gasteiger partial charge in [0.25, 0.3) is 0 Å². The molecule has 0 radical (unpaired) electrons. The third-order valence-electron chi connectivity index (χ3n) is 2.85. The number of aryl methyl sites for hydroxylation is 2. The van der Waals surface area contributed by atoms with Gasteiger partial charge in [-0.2, -0.15) is 13.2 Å². The van der Waals surface area contributed by atoms with E-state index in [1.165, 1.54) is 6.92 Å². The summed E-state index contributed by atoms with van der Waals surface area (Å²) < 4.78 is 67.9. The van der Waals surface area contributed by atoms with Crippen molar-refractivity contribution in [3.63, 3.8) is 0 Å². The first kappa shape index (κ1) is 18.0. The molecule has 0 unspecified atom stereocenters. The zero-order valence-electron chi connectivity index (χ0n) is 12.1. The highest BCUT2D eigenvalue weighted by Gasteiger charge is 2.30. The Bertz CT molecular complexity index is 579. The molecule has 1 aromatic rings. The molecule has 1 heterocycles. The van der Waals surface area contributed by atoms with Crippen molar-refractivity contribution < 1.29 is 26.0 Å². The van der Waals surface area contributed by atoms with Gasteiger partial charge in [-0.25, -0.2) is 13.1 Å². The lowest BCUT2D eigenvalue weighted by atomic mass is 10.2. The standard InChI is InChI=1S/C12H19F3N2O3S/c1-4-16-7-10-8(2)20-9(3)11(10)21(18,19)17-6-5-12(13,14)15/h16-17H,4-7H2,1-3H3. The summed E-state index contributed by atoms with van der Waals surface area (Å²) in [6.07, 6.45) is -5.62. The molecule has 0 aliphatic rings. The first-order valence-electron chi connectivity index (χ1n) is 6.44. The van der Waals surface area contributed by atoms with Crippen molar-refractivity contribution in [2.45, 2.75) is 44.8 Å². The molecule has 0 saturated carbocycles. The van der Waals surface area contributed by atoms with E-state index in [0.29, 0.717) is 17.9 Å². The fourth-order valence-electron chi connectivity index (χ4n) is 1.92. The topological polar surface area (TPSA) is 71.3 Å². The minimum Gasteiger partial charge on any atom is -0.465 e. The number of halogens is 3. The lowest BCUT2D eigenvalue weighted by molar-refractivity contribution is -0.132. The molecule has 0 fully saturated rings. The minimum atomic E-state index is -4.41. The van der Waals surface area contributed by atoms with Crippen molar-refractivity contribution >= 4 is 10.0 Å². The van der Waals surface area contributed by atoms with Crippen molar-refractivity contribution in [2.24, 2.45) is 0 Å². The van der Waals surface area contributed by atoms with Gasteiger partial charge in [0, 0.05) is 18.7 Å². The van der Waals surface area contributed by atoms with Crippen LogP contribution in [0, 0.1) is 13.8 Å². The summed E-state index contributed by atoms with van der Waals surface area (Å²) in [7, 11) is -4.04. The first-order valence-corrected chi connectivity index (χ1v) is 7.92. The molecule has 0 aliphatic carbocycles. The second kappa shape index (κ2) is 6.80. The van der Waals surface area contributed by atoms with E-state index in [0.717, 1.165) is 0 Å². The largest absolute Gasteiger partial charge is 0.465 e. The maximum Gasteiger partial charge on any atom is 0.390 e. The van der Waals surface area contributed by atoms with Crippen LogP contribution in [0.3, 0.4) is 0 Å². The first-order chi connectivity index (χ1) is 9.58.